The third kappa shape index (κ3) is 4.55. The van der Waals surface area contributed by atoms with Crippen molar-refractivity contribution in [3.05, 3.63) is 16.0 Å². The lowest BCUT2D eigenvalue weighted by Gasteiger charge is -2.28. The van der Waals surface area contributed by atoms with Gasteiger partial charge in [-0.05, 0) is 57.9 Å². The number of hydrogen-bond donors (Lipinski definition) is 2. The third-order valence-electron chi connectivity index (χ3n) is 5.48. The van der Waals surface area contributed by atoms with Crippen molar-refractivity contribution < 1.29 is 19.1 Å². The van der Waals surface area contributed by atoms with Crippen LogP contribution in [0.4, 0.5) is 5.00 Å². The van der Waals surface area contributed by atoms with Crippen molar-refractivity contribution in [2.24, 2.45) is 5.92 Å². The number of nitrogens with one attached hydrogen (secondary N) is 2. The number of carbonyl (C=O) groups is 3. The molecule has 8 heteroatoms. The molecule has 2 aliphatic rings. The maximum Gasteiger partial charge on any atom is 0.341 e. The highest BCUT2D eigenvalue weighted by atomic mass is 32.1. The zero-order valence-corrected chi connectivity index (χ0v) is 17.8. The van der Waals surface area contributed by atoms with E-state index in [9.17, 15) is 14.4 Å². The van der Waals surface area contributed by atoms with E-state index in [4.69, 9.17) is 4.74 Å². The predicted octanol–water partition coefficient (Wildman–Crippen LogP) is 2.79. The van der Waals surface area contributed by atoms with E-state index in [1.165, 1.54) is 19.9 Å². The summed E-state index contributed by atoms with van der Waals surface area (Å²) in [7, 11) is 1.54. The molecule has 2 saturated carbocycles. The van der Waals surface area contributed by atoms with Gasteiger partial charge in [0.05, 0.1) is 23.6 Å². The Morgan fingerprint density at radius 2 is 1.93 bits per heavy atom. The summed E-state index contributed by atoms with van der Waals surface area (Å²) < 4.78 is 5.14. The van der Waals surface area contributed by atoms with Crippen molar-refractivity contribution in [3.8, 4) is 0 Å². The largest absolute Gasteiger partial charge is 0.462 e. The van der Waals surface area contributed by atoms with Crippen molar-refractivity contribution in [3.63, 3.8) is 0 Å². The molecule has 0 spiro atoms. The first-order valence-corrected chi connectivity index (χ1v) is 10.8. The van der Waals surface area contributed by atoms with Crippen LogP contribution in [0.5, 0.6) is 0 Å². The second kappa shape index (κ2) is 8.61. The normalized spacial score (nSPS) is 17.3. The van der Waals surface area contributed by atoms with Crippen LogP contribution in [0.25, 0.3) is 0 Å². The fourth-order valence-electron chi connectivity index (χ4n) is 3.57. The molecule has 1 unspecified atom stereocenters. The van der Waals surface area contributed by atoms with Gasteiger partial charge in [0.2, 0.25) is 5.91 Å². The van der Waals surface area contributed by atoms with Crippen LogP contribution >= 0.6 is 11.3 Å². The van der Waals surface area contributed by atoms with Crippen LogP contribution in [-0.4, -0.2) is 55.0 Å². The number of carbonyl (C=O) groups excluding carboxylic acids is 3. The molecule has 0 bridgehead atoms. The van der Waals surface area contributed by atoms with Crippen molar-refractivity contribution in [1.82, 2.24) is 10.2 Å². The van der Waals surface area contributed by atoms with E-state index in [0.29, 0.717) is 40.0 Å². The van der Waals surface area contributed by atoms with E-state index in [1.54, 1.807) is 13.8 Å². The summed E-state index contributed by atoms with van der Waals surface area (Å²) in [5.41, 5.74) is 0.801. The Morgan fingerprint density at radius 1 is 1.25 bits per heavy atom. The average Bonchev–Trinajstić information content (AvgIpc) is 3.55. The second-order valence-corrected chi connectivity index (χ2v) is 8.61. The molecule has 1 aromatic rings. The third-order valence-corrected chi connectivity index (χ3v) is 6.69. The number of nitrogens with zero attached hydrogens (tertiary/aromatic N) is 1. The summed E-state index contributed by atoms with van der Waals surface area (Å²) in [5, 5.41) is 5.83. The molecule has 1 heterocycles. The molecule has 0 aliphatic heterocycles. The first-order chi connectivity index (χ1) is 13.4. The van der Waals surface area contributed by atoms with E-state index in [0.717, 1.165) is 24.2 Å². The Morgan fingerprint density at radius 3 is 2.46 bits per heavy atom. The molecular formula is C20H29N3O4S. The lowest BCUT2D eigenvalue weighted by atomic mass is 10.1. The first-order valence-electron chi connectivity index (χ1n) is 9.95. The van der Waals surface area contributed by atoms with Gasteiger partial charge in [-0.3, -0.25) is 14.5 Å². The van der Waals surface area contributed by atoms with Gasteiger partial charge in [0.1, 0.15) is 5.00 Å². The Bertz CT molecular complexity index is 768. The topological polar surface area (TPSA) is 87.7 Å². The average molecular weight is 408 g/mol. The minimum absolute atomic E-state index is 0.158. The minimum atomic E-state index is -0.521. The molecule has 7 nitrogen and oxygen atoms in total. The molecule has 28 heavy (non-hydrogen) atoms. The maximum absolute atomic E-state index is 12.8. The quantitative estimate of drug-likeness (QED) is 0.615. The van der Waals surface area contributed by atoms with Gasteiger partial charge in [-0.1, -0.05) is 0 Å². The highest BCUT2D eigenvalue weighted by molar-refractivity contribution is 7.18. The number of thiophene rings is 1. The van der Waals surface area contributed by atoms with Crippen molar-refractivity contribution >= 4 is 34.1 Å². The summed E-state index contributed by atoms with van der Waals surface area (Å²) in [6.45, 7) is 6.16. The maximum atomic E-state index is 12.8. The molecule has 2 N–H and O–H groups in total. The molecule has 3 rings (SSSR count). The summed E-state index contributed by atoms with van der Waals surface area (Å²) >= 11 is 1.12. The highest BCUT2D eigenvalue weighted by Gasteiger charge is 2.40. The molecule has 154 valence electrons. The number of esters is 1. The standard InChI is InChI=1S/C20H29N3O4S/c1-5-27-20(26)16-11(2)17(18(25)21-4)28-19(16)22-15(24)10-23(14-8-9-14)12(3)13-6-7-13/h12-14H,5-10H2,1-4H3,(H,21,25)(H,22,24). The van der Waals surface area contributed by atoms with E-state index >= 15 is 0 Å². The fraction of sp³-hybridized carbons (Fsp3) is 0.650. The lowest BCUT2D eigenvalue weighted by Crippen LogP contribution is -2.42. The number of ether oxygens (including phenoxy) is 1. The molecule has 0 saturated heterocycles. The second-order valence-electron chi connectivity index (χ2n) is 7.59. The first kappa shape index (κ1) is 20.8. The summed E-state index contributed by atoms with van der Waals surface area (Å²) in [5.74, 6) is -0.274. The molecule has 2 amide bonds. The van der Waals surface area contributed by atoms with E-state index in [2.05, 4.69) is 22.5 Å². The summed E-state index contributed by atoms with van der Waals surface area (Å²) in [4.78, 5) is 40.1. The fourth-order valence-corrected chi connectivity index (χ4v) is 4.73. The Kier molecular flexibility index (Phi) is 6.40. The van der Waals surface area contributed by atoms with Gasteiger partial charge in [-0.25, -0.2) is 4.79 Å². The van der Waals surface area contributed by atoms with Gasteiger partial charge in [-0.15, -0.1) is 11.3 Å². The van der Waals surface area contributed by atoms with Crippen LogP contribution in [0.2, 0.25) is 0 Å². The molecule has 1 aromatic heterocycles. The zero-order valence-electron chi connectivity index (χ0n) is 17.0. The smallest absolute Gasteiger partial charge is 0.341 e. The number of hydrogen-bond acceptors (Lipinski definition) is 6. The Balaban J connectivity index is 1.78. The van der Waals surface area contributed by atoms with E-state index < -0.39 is 5.97 Å². The van der Waals surface area contributed by atoms with E-state index in [1.807, 2.05) is 0 Å². The summed E-state index contributed by atoms with van der Waals surface area (Å²) in [6.07, 6.45) is 4.74. The van der Waals surface area contributed by atoms with Gasteiger partial charge in [0, 0.05) is 19.1 Å². The highest BCUT2D eigenvalue weighted by Crippen LogP contribution is 2.40. The van der Waals surface area contributed by atoms with E-state index in [-0.39, 0.29) is 24.0 Å². The van der Waals surface area contributed by atoms with Crippen LogP contribution in [0.3, 0.4) is 0 Å². The van der Waals surface area contributed by atoms with Gasteiger partial charge < -0.3 is 15.4 Å². The van der Waals surface area contributed by atoms with Crippen LogP contribution in [0.1, 0.15) is 65.1 Å². The molecule has 0 radical (unpaired) electrons. The Hall–Kier alpha value is -1.93. The molecule has 2 fully saturated rings. The van der Waals surface area contributed by atoms with Crippen LogP contribution in [0, 0.1) is 12.8 Å². The van der Waals surface area contributed by atoms with Gasteiger partial charge in [-0.2, -0.15) is 0 Å². The SMILES string of the molecule is CCOC(=O)c1c(NC(=O)CN(C2CC2)C(C)C2CC2)sc(C(=O)NC)c1C. The molecule has 1 atom stereocenters. The zero-order chi connectivity index (χ0) is 20.4. The van der Waals surface area contributed by atoms with Gasteiger partial charge in [0.25, 0.3) is 5.91 Å². The molecule has 2 aliphatic carbocycles. The van der Waals surface area contributed by atoms with Crippen molar-refractivity contribution in [2.45, 2.75) is 58.5 Å². The van der Waals surface area contributed by atoms with Gasteiger partial charge >= 0.3 is 5.97 Å². The van der Waals surface area contributed by atoms with Crippen molar-refractivity contribution in [2.75, 3.05) is 25.5 Å². The number of anilines is 1. The minimum Gasteiger partial charge on any atom is -0.462 e. The molecule has 0 aromatic carbocycles. The number of amides is 2. The van der Waals surface area contributed by atoms with Crippen LogP contribution in [0.15, 0.2) is 0 Å². The van der Waals surface area contributed by atoms with Crippen LogP contribution < -0.4 is 10.6 Å². The number of rotatable bonds is 9. The summed E-state index contributed by atoms with van der Waals surface area (Å²) in [6, 6.07) is 0.881. The molecular weight excluding hydrogens is 378 g/mol. The predicted molar refractivity (Wildman–Crippen MR) is 109 cm³/mol. The monoisotopic (exact) mass is 407 g/mol. The van der Waals surface area contributed by atoms with Crippen molar-refractivity contribution in [1.29, 1.82) is 0 Å². The lowest BCUT2D eigenvalue weighted by molar-refractivity contribution is -0.118. The van der Waals surface area contributed by atoms with Gasteiger partial charge in [0.15, 0.2) is 0 Å². The Labute approximate surface area is 169 Å². The van der Waals surface area contributed by atoms with Crippen LogP contribution in [-0.2, 0) is 9.53 Å².